The minimum absolute atomic E-state index is 0. The largest absolute Gasteiger partial charge is 0.314 e. The molecule has 1 atom stereocenters. The van der Waals surface area contributed by atoms with Crippen LogP contribution in [0.1, 0.15) is 44.2 Å². The maximum absolute atomic E-state index is 6.32. The second kappa shape index (κ2) is 7.82. The lowest BCUT2D eigenvalue weighted by molar-refractivity contribution is 0.152. The third-order valence-electron chi connectivity index (χ3n) is 4.82. The topological polar surface area (TPSA) is 15.3 Å². The fourth-order valence-electron chi connectivity index (χ4n) is 3.16. The highest BCUT2D eigenvalue weighted by Crippen LogP contribution is 2.30. The van der Waals surface area contributed by atoms with Gasteiger partial charge in [-0.15, -0.1) is 12.4 Å². The van der Waals surface area contributed by atoms with Crippen molar-refractivity contribution >= 4 is 24.0 Å². The maximum atomic E-state index is 6.32. The lowest BCUT2D eigenvalue weighted by atomic mass is 10.00. The molecule has 1 unspecified atom stereocenters. The predicted octanol–water partition coefficient (Wildman–Crippen LogP) is 4.29. The quantitative estimate of drug-likeness (QED) is 0.867. The highest BCUT2D eigenvalue weighted by atomic mass is 35.5. The van der Waals surface area contributed by atoms with E-state index in [4.69, 9.17) is 11.6 Å². The zero-order chi connectivity index (χ0) is 13.9. The van der Waals surface area contributed by atoms with Crippen LogP contribution in [0.2, 0.25) is 5.02 Å². The van der Waals surface area contributed by atoms with Crippen molar-refractivity contribution in [3.63, 3.8) is 0 Å². The van der Waals surface area contributed by atoms with Crippen LogP contribution in [-0.4, -0.2) is 30.6 Å². The normalized spacial score (nSPS) is 21.8. The molecule has 2 nitrogen and oxygen atoms in total. The van der Waals surface area contributed by atoms with Gasteiger partial charge in [0.25, 0.3) is 0 Å². The molecule has 1 aliphatic heterocycles. The fraction of sp³-hybridized carbons (Fsp3) is 0.647. The Kier molecular flexibility index (Phi) is 6.36. The molecule has 118 valence electrons. The molecule has 0 aromatic heterocycles. The molecule has 0 amide bonds. The minimum Gasteiger partial charge on any atom is -0.314 e. The van der Waals surface area contributed by atoms with Gasteiger partial charge in [0.2, 0.25) is 0 Å². The molecular formula is C17H26Cl2N2. The first-order valence-electron chi connectivity index (χ1n) is 7.96. The zero-order valence-electron chi connectivity index (χ0n) is 12.7. The van der Waals surface area contributed by atoms with Gasteiger partial charge < -0.3 is 5.32 Å². The Morgan fingerprint density at radius 1 is 1.19 bits per heavy atom. The smallest absolute Gasteiger partial charge is 0.0453 e. The van der Waals surface area contributed by atoms with E-state index in [9.17, 15) is 0 Å². The summed E-state index contributed by atoms with van der Waals surface area (Å²) in [6.07, 6.45) is 5.41. The van der Waals surface area contributed by atoms with Crippen LogP contribution in [0, 0.1) is 5.92 Å². The van der Waals surface area contributed by atoms with Crippen LogP contribution in [-0.2, 0) is 0 Å². The lowest BCUT2D eigenvalue weighted by Crippen LogP contribution is -2.43. The van der Waals surface area contributed by atoms with Gasteiger partial charge in [-0.2, -0.15) is 0 Å². The Morgan fingerprint density at radius 3 is 2.48 bits per heavy atom. The van der Waals surface area contributed by atoms with E-state index >= 15 is 0 Å². The number of hydrogen-bond donors (Lipinski definition) is 1. The molecule has 4 heteroatoms. The van der Waals surface area contributed by atoms with Crippen LogP contribution in [0.4, 0.5) is 0 Å². The molecule has 1 aromatic rings. The highest BCUT2D eigenvalue weighted by molar-refractivity contribution is 6.31. The number of hydrogen-bond acceptors (Lipinski definition) is 2. The third-order valence-corrected chi connectivity index (χ3v) is 5.17. The molecule has 21 heavy (non-hydrogen) atoms. The fourth-order valence-corrected chi connectivity index (χ4v) is 3.45. The lowest BCUT2D eigenvalue weighted by Gasteiger charge is -2.37. The predicted molar refractivity (Wildman–Crippen MR) is 92.4 cm³/mol. The Labute approximate surface area is 139 Å². The molecular weight excluding hydrogens is 303 g/mol. The molecule has 2 fully saturated rings. The van der Waals surface area contributed by atoms with E-state index in [-0.39, 0.29) is 12.4 Å². The van der Waals surface area contributed by atoms with E-state index in [1.165, 1.54) is 50.9 Å². The highest BCUT2D eigenvalue weighted by Gasteiger charge is 2.26. The van der Waals surface area contributed by atoms with E-state index in [1.54, 1.807) is 0 Å². The van der Waals surface area contributed by atoms with E-state index in [2.05, 4.69) is 29.3 Å². The molecule has 1 saturated carbocycles. The summed E-state index contributed by atoms with van der Waals surface area (Å²) in [6.45, 7) is 5.87. The summed E-state index contributed by atoms with van der Waals surface area (Å²) in [5, 5.41) is 4.64. The van der Waals surface area contributed by atoms with Crippen molar-refractivity contribution in [2.45, 2.75) is 44.7 Å². The van der Waals surface area contributed by atoms with Crippen molar-refractivity contribution in [1.82, 2.24) is 10.2 Å². The molecule has 3 rings (SSSR count). The van der Waals surface area contributed by atoms with Gasteiger partial charge in [-0.25, -0.2) is 0 Å². The SMILES string of the molecule is CC(c1ccccc1Cl)N1CCC(NCC2CC2)CC1.Cl. The number of rotatable bonds is 5. The van der Waals surface area contributed by atoms with Gasteiger partial charge in [0.05, 0.1) is 0 Å². The second-order valence-electron chi connectivity index (χ2n) is 6.36. The Hall–Kier alpha value is -0.280. The summed E-state index contributed by atoms with van der Waals surface area (Å²) >= 11 is 6.32. The summed E-state index contributed by atoms with van der Waals surface area (Å²) in [6, 6.07) is 9.40. The second-order valence-corrected chi connectivity index (χ2v) is 6.77. The Bertz CT molecular complexity index is 440. The molecule has 0 radical (unpaired) electrons. The first kappa shape index (κ1) is 17.1. The summed E-state index contributed by atoms with van der Waals surface area (Å²) in [5.41, 5.74) is 1.26. The van der Waals surface area contributed by atoms with Crippen molar-refractivity contribution in [2.24, 2.45) is 5.92 Å². The van der Waals surface area contributed by atoms with E-state index < -0.39 is 0 Å². The van der Waals surface area contributed by atoms with Gasteiger partial charge in [0, 0.05) is 30.2 Å². The number of likely N-dealkylation sites (tertiary alicyclic amines) is 1. The Morgan fingerprint density at radius 2 is 1.86 bits per heavy atom. The van der Waals surface area contributed by atoms with Gasteiger partial charge in [-0.3, -0.25) is 4.90 Å². The first-order valence-corrected chi connectivity index (χ1v) is 8.33. The monoisotopic (exact) mass is 328 g/mol. The van der Waals surface area contributed by atoms with Crippen molar-refractivity contribution in [3.8, 4) is 0 Å². The first-order chi connectivity index (χ1) is 9.74. The van der Waals surface area contributed by atoms with Crippen LogP contribution in [0.3, 0.4) is 0 Å². The molecule has 0 bridgehead atoms. The maximum Gasteiger partial charge on any atom is 0.0453 e. The van der Waals surface area contributed by atoms with Gasteiger partial charge in [-0.1, -0.05) is 29.8 Å². The summed E-state index contributed by atoms with van der Waals surface area (Å²) in [5.74, 6) is 0.982. The minimum atomic E-state index is 0. The molecule has 1 N–H and O–H groups in total. The van der Waals surface area contributed by atoms with Crippen molar-refractivity contribution in [2.75, 3.05) is 19.6 Å². The van der Waals surface area contributed by atoms with Crippen LogP contribution >= 0.6 is 24.0 Å². The van der Waals surface area contributed by atoms with E-state index in [1.807, 2.05) is 12.1 Å². The van der Waals surface area contributed by atoms with Crippen molar-refractivity contribution < 1.29 is 0 Å². The molecule has 1 aliphatic carbocycles. The molecule has 2 aliphatic rings. The van der Waals surface area contributed by atoms with Crippen molar-refractivity contribution in [1.29, 1.82) is 0 Å². The molecule has 0 spiro atoms. The third kappa shape index (κ3) is 4.59. The van der Waals surface area contributed by atoms with Gasteiger partial charge in [-0.05, 0) is 56.7 Å². The van der Waals surface area contributed by atoms with Gasteiger partial charge >= 0.3 is 0 Å². The zero-order valence-corrected chi connectivity index (χ0v) is 14.3. The number of benzene rings is 1. The Balaban J connectivity index is 0.00000161. The number of nitrogens with zero attached hydrogens (tertiary/aromatic N) is 1. The number of halogens is 2. The van der Waals surface area contributed by atoms with Crippen LogP contribution in [0.25, 0.3) is 0 Å². The van der Waals surface area contributed by atoms with Crippen LogP contribution < -0.4 is 5.32 Å². The average molecular weight is 329 g/mol. The molecule has 1 heterocycles. The number of nitrogens with one attached hydrogen (secondary N) is 1. The average Bonchev–Trinajstić information content (AvgIpc) is 3.30. The van der Waals surface area contributed by atoms with Crippen molar-refractivity contribution in [3.05, 3.63) is 34.9 Å². The summed E-state index contributed by atoms with van der Waals surface area (Å²) in [4.78, 5) is 2.57. The molecule has 1 aromatic carbocycles. The standard InChI is InChI=1S/C17H25ClN2.ClH/c1-13(16-4-2-3-5-17(16)18)20-10-8-15(9-11-20)19-12-14-6-7-14;/h2-5,13-15,19H,6-12H2,1H3;1H. The van der Waals surface area contributed by atoms with E-state index in [0.29, 0.717) is 6.04 Å². The van der Waals surface area contributed by atoms with Crippen LogP contribution in [0.5, 0.6) is 0 Å². The summed E-state index contributed by atoms with van der Waals surface area (Å²) in [7, 11) is 0. The van der Waals surface area contributed by atoms with Gasteiger partial charge in [0.1, 0.15) is 0 Å². The van der Waals surface area contributed by atoms with Crippen LogP contribution in [0.15, 0.2) is 24.3 Å². The van der Waals surface area contributed by atoms with Gasteiger partial charge in [0.15, 0.2) is 0 Å². The summed E-state index contributed by atoms with van der Waals surface area (Å²) < 4.78 is 0. The number of piperidine rings is 1. The van der Waals surface area contributed by atoms with E-state index in [0.717, 1.165) is 17.0 Å². The molecule has 1 saturated heterocycles.